The van der Waals surface area contributed by atoms with E-state index in [1.807, 2.05) is 27.7 Å². The quantitative estimate of drug-likeness (QED) is 0.900. The first-order valence-corrected chi connectivity index (χ1v) is 7.79. The van der Waals surface area contributed by atoms with Gasteiger partial charge in [-0.1, -0.05) is 26.8 Å². The number of carbonyl (C=O) groups excluding carboxylic acids is 2. The number of anilines is 2. The molecule has 2 amide bonds. The molecule has 1 aromatic carbocycles. The molecule has 128 valence electrons. The van der Waals surface area contributed by atoms with Gasteiger partial charge in [-0.25, -0.2) is 4.98 Å². The summed E-state index contributed by atoms with van der Waals surface area (Å²) in [5.41, 5.74) is 1.76. The molecule has 0 fully saturated rings. The average molecular weight is 329 g/mol. The Labute approximate surface area is 141 Å². The van der Waals surface area contributed by atoms with Gasteiger partial charge < -0.3 is 15.1 Å². The Bertz CT molecular complexity index is 757. The van der Waals surface area contributed by atoms with Crippen molar-refractivity contribution in [1.29, 1.82) is 0 Å². The Kier molecular flexibility index (Phi) is 5.07. The molecule has 24 heavy (non-hydrogen) atoms. The van der Waals surface area contributed by atoms with Crippen LogP contribution in [0.4, 0.5) is 11.4 Å². The van der Waals surface area contributed by atoms with Crippen LogP contribution in [0.2, 0.25) is 0 Å². The van der Waals surface area contributed by atoms with Crippen LogP contribution in [0.5, 0.6) is 0 Å². The molecule has 2 N–H and O–H groups in total. The predicted molar refractivity (Wildman–Crippen MR) is 93.0 cm³/mol. The Morgan fingerprint density at radius 2 is 1.79 bits per heavy atom. The van der Waals surface area contributed by atoms with Crippen LogP contribution in [0.3, 0.4) is 0 Å². The number of aryl methyl sites for hydroxylation is 1. The van der Waals surface area contributed by atoms with Crippen molar-refractivity contribution in [2.24, 2.45) is 0 Å². The molecule has 2 rings (SSSR count). The van der Waals surface area contributed by atoms with E-state index in [2.05, 4.69) is 15.6 Å². The van der Waals surface area contributed by atoms with Crippen molar-refractivity contribution in [3.8, 4) is 0 Å². The molecule has 0 unspecified atom stereocenters. The van der Waals surface area contributed by atoms with Gasteiger partial charge in [-0.3, -0.25) is 9.59 Å². The molecule has 0 aliphatic carbocycles. The second kappa shape index (κ2) is 6.86. The molecule has 1 aromatic heterocycles. The van der Waals surface area contributed by atoms with Gasteiger partial charge >= 0.3 is 0 Å². The number of oxazole rings is 1. The summed E-state index contributed by atoms with van der Waals surface area (Å²) < 4.78 is 5.73. The number of nitrogens with zero attached hydrogens (tertiary/aromatic N) is 1. The molecule has 0 saturated carbocycles. The number of carbonyl (C=O) groups is 2. The van der Waals surface area contributed by atoms with Crippen LogP contribution in [-0.4, -0.2) is 16.8 Å². The number of hydrogen-bond acceptors (Lipinski definition) is 4. The fraction of sp³-hybridized carbons (Fsp3) is 0.389. The van der Waals surface area contributed by atoms with E-state index in [-0.39, 0.29) is 23.7 Å². The van der Waals surface area contributed by atoms with Crippen molar-refractivity contribution in [3.05, 3.63) is 41.6 Å². The summed E-state index contributed by atoms with van der Waals surface area (Å²) in [6.45, 7) is 9.30. The van der Waals surface area contributed by atoms with E-state index in [0.29, 0.717) is 23.0 Å². The van der Waals surface area contributed by atoms with Crippen LogP contribution in [0.1, 0.15) is 45.0 Å². The van der Waals surface area contributed by atoms with E-state index < -0.39 is 0 Å². The highest BCUT2D eigenvalue weighted by atomic mass is 16.4. The van der Waals surface area contributed by atoms with Crippen molar-refractivity contribution in [1.82, 2.24) is 4.98 Å². The van der Waals surface area contributed by atoms with Crippen molar-refractivity contribution < 1.29 is 14.0 Å². The maximum Gasteiger partial charge on any atom is 0.232 e. The van der Waals surface area contributed by atoms with Crippen molar-refractivity contribution >= 4 is 23.2 Å². The molecule has 1 heterocycles. The van der Waals surface area contributed by atoms with Crippen molar-refractivity contribution in [2.75, 3.05) is 10.6 Å². The normalized spacial score (nSPS) is 11.2. The molecule has 0 spiro atoms. The lowest BCUT2D eigenvalue weighted by Crippen LogP contribution is -2.15. The molecule has 6 nitrogen and oxygen atoms in total. The maximum absolute atomic E-state index is 12.2. The standard InChI is InChI=1S/C18H23N3O3/c1-11-15(24-17(19-11)18(3,4)5)10-16(23)21-14-8-6-7-13(9-14)20-12(2)22/h6-9H,10H2,1-5H3,(H,20,22)(H,21,23). The van der Waals surface area contributed by atoms with E-state index >= 15 is 0 Å². The van der Waals surface area contributed by atoms with Gasteiger partial charge in [0.2, 0.25) is 11.8 Å². The summed E-state index contributed by atoms with van der Waals surface area (Å²) in [6, 6.07) is 6.98. The second-order valence-corrected chi connectivity index (χ2v) is 6.76. The fourth-order valence-electron chi connectivity index (χ4n) is 2.14. The lowest BCUT2D eigenvalue weighted by Gasteiger charge is -2.12. The Balaban J connectivity index is 2.06. The molecule has 0 radical (unpaired) electrons. The summed E-state index contributed by atoms with van der Waals surface area (Å²) in [6.07, 6.45) is 0.110. The highest BCUT2D eigenvalue weighted by Gasteiger charge is 2.23. The smallest absolute Gasteiger partial charge is 0.232 e. The topological polar surface area (TPSA) is 84.2 Å². The van der Waals surface area contributed by atoms with Gasteiger partial charge in [0.1, 0.15) is 5.76 Å². The van der Waals surface area contributed by atoms with Crippen LogP contribution in [0.15, 0.2) is 28.7 Å². The van der Waals surface area contributed by atoms with E-state index in [1.165, 1.54) is 6.92 Å². The molecular weight excluding hydrogens is 306 g/mol. The zero-order chi connectivity index (χ0) is 17.9. The van der Waals surface area contributed by atoms with Crippen LogP contribution in [0.25, 0.3) is 0 Å². The van der Waals surface area contributed by atoms with Gasteiger partial charge in [0.05, 0.1) is 12.1 Å². The lowest BCUT2D eigenvalue weighted by atomic mass is 9.97. The maximum atomic E-state index is 12.2. The van der Waals surface area contributed by atoms with E-state index in [4.69, 9.17) is 4.42 Å². The zero-order valence-corrected chi connectivity index (χ0v) is 14.7. The van der Waals surface area contributed by atoms with Gasteiger partial charge in [-0.2, -0.15) is 0 Å². The Morgan fingerprint density at radius 3 is 2.33 bits per heavy atom. The molecular formula is C18H23N3O3. The largest absolute Gasteiger partial charge is 0.444 e. The van der Waals surface area contributed by atoms with E-state index in [1.54, 1.807) is 24.3 Å². The van der Waals surface area contributed by atoms with Crippen molar-refractivity contribution in [3.63, 3.8) is 0 Å². The minimum Gasteiger partial charge on any atom is -0.444 e. The van der Waals surface area contributed by atoms with Gasteiger partial charge in [0.25, 0.3) is 0 Å². The van der Waals surface area contributed by atoms with Gasteiger partial charge in [-0.15, -0.1) is 0 Å². The molecule has 0 saturated heterocycles. The lowest BCUT2D eigenvalue weighted by molar-refractivity contribution is -0.116. The van der Waals surface area contributed by atoms with Crippen molar-refractivity contribution in [2.45, 2.75) is 46.5 Å². The second-order valence-electron chi connectivity index (χ2n) is 6.76. The van der Waals surface area contributed by atoms with Gasteiger partial charge in [0, 0.05) is 23.7 Å². The molecule has 6 heteroatoms. The zero-order valence-electron chi connectivity index (χ0n) is 14.7. The summed E-state index contributed by atoms with van der Waals surface area (Å²) in [7, 11) is 0. The Hall–Kier alpha value is -2.63. The monoisotopic (exact) mass is 329 g/mol. The number of benzene rings is 1. The van der Waals surface area contributed by atoms with Crippen LogP contribution in [-0.2, 0) is 21.4 Å². The number of rotatable bonds is 4. The minimum absolute atomic E-state index is 0.110. The highest BCUT2D eigenvalue weighted by Crippen LogP contribution is 2.24. The van der Waals surface area contributed by atoms with E-state index in [0.717, 1.165) is 5.69 Å². The average Bonchev–Trinajstić information content (AvgIpc) is 2.79. The van der Waals surface area contributed by atoms with Crippen LogP contribution in [0, 0.1) is 6.92 Å². The number of aromatic nitrogens is 1. The third-order valence-corrected chi connectivity index (χ3v) is 3.32. The third-order valence-electron chi connectivity index (χ3n) is 3.32. The molecule has 0 aliphatic heterocycles. The van der Waals surface area contributed by atoms with Gasteiger partial charge in [0.15, 0.2) is 5.89 Å². The predicted octanol–water partition coefficient (Wildman–Crippen LogP) is 3.42. The highest BCUT2D eigenvalue weighted by molar-refractivity contribution is 5.94. The fourth-order valence-corrected chi connectivity index (χ4v) is 2.14. The third kappa shape index (κ3) is 4.68. The first kappa shape index (κ1) is 17.7. The van der Waals surface area contributed by atoms with Gasteiger partial charge in [-0.05, 0) is 25.1 Å². The molecule has 0 bridgehead atoms. The van der Waals surface area contributed by atoms with Crippen LogP contribution >= 0.6 is 0 Å². The summed E-state index contributed by atoms with van der Waals surface area (Å²) in [5, 5.41) is 5.48. The molecule has 2 aromatic rings. The molecule has 0 aliphatic rings. The first-order chi connectivity index (χ1) is 11.1. The number of amides is 2. The summed E-state index contributed by atoms with van der Waals surface area (Å²) in [4.78, 5) is 27.7. The number of nitrogens with one attached hydrogen (secondary N) is 2. The van der Waals surface area contributed by atoms with Crippen LogP contribution < -0.4 is 10.6 Å². The summed E-state index contributed by atoms with van der Waals surface area (Å²) >= 11 is 0. The summed E-state index contributed by atoms with van der Waals surface area (Å²) in [5.74, 6) is 0.825. The number of hydrogen-bond donors (Lipinski definition) is 2. The minimum atomic E-state index is -0.202. The molecule has 0 atom stereocenters. The SMILES string of the molecule is CC(=O)Nc1cccc(NC(=O)Cc2oc(C(C)(C)C)nc2C)c1. The van der Waals surface area contributed by atoms with E-state index in [9.17, 15) is 9.59 Å². The first-order valence-electron chi connectivity index (χ1n) is 7.79. The Morgan fingerprint density at radius 1 is 1.17 bits per heavy atom.